The number of pyridine rings is 1. The molecule has 0 aromatic carbocycles. The van der Waals surface area contributed by atoms with Crippen LogP contribution in [0.15, 0.2) is 28.1 Å². The maximum absolute atomic E-state index is 12.1. The Kier molecular flexibility index (Phi) is 3.84. The first kappa shape index (κ1) is 14.3. The zero-order valence-corrected chi connectivity index (χ0v) is 13.2. The van der Waals surface area contributed by atoms with Crippen LogP contribution < -0.4 is 4.72 Å². The smallest absolute Gasteiger partial charge is 0.283 e. The van der Waals surface area contributed by atoms with Crippen molar-refractivity contribution in [1.29, 1.82) is 0 Å². The number of hydrogen-bond acceptors (Lipinski definition) is 4. The van der Waals surface area contributed by atoms with Gasteiger partial charge in [0.2, 0.25) is 5.03 Å². The number of nitrogens with one attached hydrogen (secondary N) is 1. The van der Waals surface area contributed by atoms with Gasteiger partial charge < -0.3 is 4.57 Å². The van der Waals surface area contributed by atoms with Crippen molar-refractivity contribution in [2.75, 3.05) is 4.72 Å². The molecule has 102 valence electrons. The third-order valence-corrected chi connectivity index (χ3v) is 5.05. The molecule has 19 heavy (non-hydrogen) atoms. The molecule has 0 saturated heterocycles. The van der Waals surface area contributed by atoms with Crippen molar-refractivity contribution in [2.24, 2.45) is 7.05 Å². The number of halogens is 2. The van der Waals surface area contributed by atoms with Gasteiger partial charge in [0.1, 0.15) is 11.0 Å². The summed E-state index contributed by atoms with van der Waals surface area (Å²) in [5, 5.41) is -0.180. The van der Waals surface area contributed by atoms with Crippen molar-refractivity contribution in [3.05, 3.63) is 33.8 Å². The fourth-order valence-electron chi connectivity index (χ4n) is 1.36. The number of imidazole rings is 1. The highest BCUT2D eigenvalue weighted by Gasteiger charge is 2.22. The van der Waals surface area contributed by atoms with Crippen LogP contribution in [0.1, 0.15) is 5.56 Å². The van der Waals surface area contributed by atoms with Gasteiger partial charge in [-0.2, -0.15) is 8.42 Å². The molecular weight excluding hydrogens is 356 g/mol. The highest BCUT2D eigenvalue weighted by atomic mass is 79.9. The minimum absolute atomic E-state index is 0.0429. The molecule has 0 spiro atoms. The van der Waals surface area contributed by atoms with Gasteiger partial charge in [-0.3, -0.25) is 4.72 Å². The van der Waals surface area contributed by atoms with Crippen molar-refractivity contribution in [2.45, 2.75) is 11.9 Å². The van der Waals surface area contributed by atoms with E-state index < -0.39 is 10.0 Å². The van der Waals surface area contributed by atoms with Crippen LogP contribution in [0.4, 0.5) is 5.82 Å². The summed E-state index contributed by atoms with van der Waals surface area (Å²) in [5.41, 5.74) is 0.861. The molecule has 0 aliphatic carbocycles. The van der Waals surface area contributed by atoms with Gasteiger partial charge >= 0.3 is 0 Å². The minimum atomic E-state index is -3.84. The average molecular weight is 366 g/mol. The standard InChI is InChI=1S/C10H10BrClN4O2S/c1-6-3-8(13-4-7(6)11)15-19(17,18)10-9(12)16(2)5-14-10/h3-5H,1-2H3,(H,13,15). The van der Waals surface area contributed by atoms with Crippen LogP contribution in [0.3, 0.4) is 0 Å². The molecule has 0 aliphatic rings. The van der Waals surface area contributed by atoms with Crippen LogP contribution in [0.5, 0.6) is 0 Å². The summed E-state index contributed by atoms with van der Waals surface area (Å²) in [5.74, 6) is 0.211. The quantitative estimate of drug-likeness (QED) is 0.905. The molecule has 2 heterocycles. The summed E-state index contributed by atoms with van der Waals surface area (Å²) >= 11 is 9.16. The summed E-state index contributed by atoms with van der Waals surface area (Å²) in [4.78, 5) is 7.74. The largest absolute Gasteiger partial charge is 0.324 e. The normalized spacial score (nSPS) is 11.6. The third kappa shape index (κ3) is 2.90. The Balaban J connectivity index is 2.36. The Bertz CT molecular complexity index is 729. The predicted octanol–water partition coefficient (Wildman–Crippen LogP) is 2.34. The van der Waals surface area contributed by atoms with E-state index in [-0.39, 0.29) is 16.0 Å². The molecule has 0 fully saturated rings. The zero-order valence-electron chi connectivity index (χ0n) is 10.1. The molecule has 2 aromatic rings. The van der Waals surface area contributed by atoms with E-state index in [9.17, 15) is 8.42 Å². The fourth-order valence-corrected chi connectivity index (χ4v) is 3.00. The van der Waals surface area contributed by atoms with Gasteiger partial charge in [-0.25, -0.2) is 9.97 Å². The first-order chi connectivity index (χ1) is 8.81. The van der Waals surface area contributed by atoms with Crippen molar-refractivity contribution in [1.82, 2.24) is 14.5 Å². The highest BCUT2D eigenvalue weighted by Crippen LogP contribution is 2.22. The Hall–Kier alpha value is -1.12. The molecular formula is C10H10BrClN4O2S. The van der Waals surface area contributed by atoms with Crippen LogP contribution in [0, 0.1) is 6.92 Å². The molecule has 0 radical (unpaired) electrons. The van der Waals surface area contributed by atoms with Gasteiger partial charge in [-0.1, -0.05) is 11.6 Å². The monoisotopic (exact) mass is 364 g/mol. The summed E-state index contributed by atoms with van der Waals surface area (Å²) in [6, 6.07) is 1.61. The highest BCUT2D eigenvalue weighted by molar-refractivity contribution is 9.10. The number of nitrogens with zero attached hydrogens (tertiary/aromatic N) is 3. The molecule has 2 aromatic heterocycles. The van der Waals surface area contributed by atoms with Gasteiger partial charge in [-0.15, -0.1) is 0 Å². The van der Waals surface area contributed by atoms with Crippen LogP contribution in [-0.2, 0) is 17.1 Å². The molecule has 0 atom stereocenters. The Morgan fingerprint density at radius 1 is 1.42 bits per heavy atom. The van der Waals surface area contributed by atoms with Crippen molar-refractivity contribution in [3.63, 3.8) is 0 Å². The Morgan fingerprint density at radius 2 is 2.11 bits per heavy atom. The number of anilines is 1. The second kappa shape index (κ2) is 5.10. The lowest BCUT2D eigenvalue weighted by Gasteiger charge is -2.07. The summed E-state index contributed by atoms with van der Waals surface area (Å²) in [7, 11) is -2.24. The van der Waals surface area contributed by atoms with E-state index in [1.54, 1.807) is 13.1 Å². The molecule has 0 aliphatic heterocycles. The maximum atomic E-state index is 12.1. The lowest BCUT2D eigenvalue weighted by atomic mass is 10.3. The number of rotatable bonds is 3. The van der Waals surface area contributed by atoms with Gasteiger partial charge in [0, 0.05) is 17.7 Å². The lowest BCUT2D eigenvalue weighted by molar-refractivity contribution is 0.598. The van der Waals surface area contributed by atoms with E-state index in [0.29, 0.717) is 0 Å². The van der Waals surface area contributed by atoms with E-state index in [4.69, 9.17) is 11.6 Å². The van der Waals surface area contributed by atoms with E-state index >= 15 is 0 Å². The van der Waals surface area contributed by atoms with Gasteiger partial charge in [-0.05, 0) is 34.5 Å². The van der Waals surface area contributed by atoms with Crippen LogP contribution >= 0.6 is 27.5 Å². The first-order valence-electron chi connectivity index (χ1n) is 5.13. The maximum Gasteiger partial charge on any atom is 0.283 e. The van der Waals surface area contributed by atoms with Crippen molar-refractivity contribution >= 4 is 43.4 Å². The number of hydrogen-bond donors (Lipinski definition) is 1. The molecule has 0 saturated carbocycles. The van der Waals surface area contributed by atoms with Crippen molar-refractivity contribution in [3.8, 4) is 0 Å². The molecule has 9 heteroatoms. The van der Waals surface area contributed by atoms with Crippen molar-refractivity contribution < 1.29 is 8.42 Å². The average Bonchev–Trinajstić information content (AvgIpc) is 2.65. The molecule has 2 rings (SSSR count). The van der Waals surface area contributed by atoms with E-state index in [1.165, 1.54) is 17.1 Å². The zero-order chi connectivity index (χ0) is 14.2. The van der Waals surface area contributed by atoms with E-state index in [1.807, 2.05) is 6.92 Å². The predicted molar refractivity (Wildman–Crippen MR) is 75.7 cm³/mol. The van der Waals surface area contributed by atoms with Gasteiger partial charge in [0.05, 0.1) is 6.33 Å². The topological polar surface area (TPSA) is 76.9 Å². The molecule has 0 amide bonds. The second-order valence-electron chi connectivity index (χ2n) is 3.88. The summed E-state index contributed by atoms with van der Waals surface area (Å²) in [6.45, 7) is 1.83. The molecule has 6 nitrogen and oxygen atoms in total. The summed E-state index contributed by atoms with van der Waals surface area (Å²) in [6.07, 6.45) is 2.85. The Morgan fingerprint density at radius 3 is 2.63 bits per heavy atom. The van der Waals surface area contributed by atoms with Gasteiger partial charge in [0.15, 0.2) is 0 Å². The van der Waals surface area contributed by atoms with E-state index in [0.717, 1.165) is 10.0 Å². The van der Waals surface area contributed by atoms with Crippen LogP contribution in [-0.4, -0.2) is 23.0 Å². The minimum Gasteiger partial charge on any atom is -0.324 e. The first-order valence-corrected chi connectivity index (χ1v) is 7.78. The molecule has 0 unspecified atom stereocenters. The number of aromatic nitrogens is 3. The molecule has 0 bridgehead atoms. The SMILES string of the molecule is Cc1cc(NS(=O)(=O)c2ncn(C)c2Cl)ncc1Br. The molecule has 1 N–H and O–H groups in total. The van der Waals surface area contributed by atoms with E-state index in [2.05, 4.69) is 30.6 Å². The lowest BCUT2D eigenvalue weighted by Crippen LogP contribution is -2.15. The van der Waals surface area contributed by atoms with Gasteiger partial charge in [0.25, 0.3) is 10.0 Å². The van der Waals surface area contributed by atoms with Crippen LogP contribution in [0.25, 0.3) is 0 Å². The number of aryl methyl sites for hydroxylation is 2. The number of sulfonamides is 1. The fraction of sp³-hybridized carbons (Fsp3) is 0.200. The Labute approximate surface area is 124 Å². The van der Waals surface area contributed by atoms with Crippen LogP contribution in [0.2, 0.25) is 5.15 Å². The second-order valence-corrected chi connectivity index (χ2v) is 6.69. The summed E-state index contributed by atoms with van der Waals surface area (Å²) < 4.78 is 28.8. The third-order valence-electron chi connectivity index (χ3n) is 2.37.